The molecule has 25 heavy (non-hydrogen) atoms. The maximum absolute atomic E-state index is 10.7. The van der Waals surface area contributed by atoms with Gasteiger partial charge < -0.3 is 14.9 Å². The Hall–Kier alpha value is -2.80. The van der Waals surface area contributed by atoms with E-state index in [0.717, 1.165) is 55.8 Å². The van der Waals surface area contributed by atoms with Crippen molar-refractivity contribution >= 4 is 17.9 Å². The summed E-state index contributed by atoms with van der Waals surface area (Å²) in [6.45, 7) is 3.98. The molecule has 0 amide bonds. The van der Waals surface area contributed by atoms with Gasteiger partial charge in [-0.25, -0.2) is 9.78 Å². The lowest BCUT2D eigenvalue weighted by molar-refractivity contribution is -0.131. The quantitative estimate of drug-likeness (QED) is 0.850. The third-order valence-corrected chi connectivity index (χ3v) is 4.14. The highest BCUT2D eigenvalue weighted by Gasteiger charge is 2.14. The van der Waals surface area contributed by atoms with E-state index in [9.17, 15) is 4.79 Å². The first kappa shape index (κ1) is 17.0. The maximum Gasteiger partial charge on any atom is 0.328 e. The van der Waals surface area contributed by atoms with E-state index in [-0.39, 0.29) is 0 Å². The van der Waals surface area contributed by atoms with Crippen LogP contribution in [0.15, 0.2) is 36.9 Å². The number of carbonyl (C=O) groups is 1. The number of pyridine rings is 1. The number of carboxylic acid groups (broad SMARTS) is 1. The second-order valence-corrected chi connectivity index (χ2v) is 6.08. The molecule has 3 rings (SSSR count). The Kier molecular flexibility index (Phi) is 5.35. The molecule has 1 N–H and O–H groups in total. The van der Waals surface area contributed by atoms with Gasteiger partial charge in [0.25, 0.3) is 0 Å². The topological polar surface area (TPSA) is 82.5 Å². The molecule has 2 aromatic rings. The summed E-state index contributed by atoms with van der Waals surface area (Å²) in [4.78, 5) is 28.5. The molecule has 0 unspecified atom stereocenters. The van der Waals surface area contributed by atoms with Crippen LogP contribution in [-0.4, -0.2) is 64.2 Å². The van der Waals surface area contributed by atoms with Gasteiger partial charge in [0.15, 0.2) is 0 Å². The van der Waals surface area contributed by atoms with Gasteiger partial charge in [-0.1, -0.05) is 0 Å². The number of rotatable bonds is 4. The van der Waals surface area contributed by atoms with Gasteiger partial charge in [0, 0.05) is 43.7 Å². The minimum atomic E-state index is -0.988. The summed E-state index contributed by atoms with van der Waals surface area (Å²) in [7, 11) is 2.13. The first-order valence-electron chi connectivity index (χ1n) is 8.24. The van der Waals surface area contributed by atoms with Crippen LogP contribution >= 0.6 is 0 Å². The van der Waals surface area contributed by atoms with E-state index < -0.39 is 5.97 Å². The summed E-state index contributed by atoms with van der Waals surface area (Å²) in [6, 6.07) is 1.86. The highest BCUT2D eigenvalue weighted by molar-refractivity contribution is 5.85. The summed E-state index contributed by atoms with van der Waals surface area (Å²) in [5, 5.41) is 8.74. The van der Waals surface area contributed by atoms with Crippen molar-refractivity contribution < 1.29 is 9.90 Å². The van der Waals surface area contributed by atoms with E-state index >= 15 is 0 Å². The molecule has 1 saturated heterocycles. The first-order valence-corrected chi connectivity index (χ1v) is 8.24. The first-order chi connectivity index (χ1) is 12.1. The van der Waals surface area contributed by atoms with E-state index in [2.05, 4.69) is 26.8 Å². The number of aromatic nitrogens is 3. The number of nitrogens with zero attached hydrogens (tertiary/aromatic N) is 5. The molecule has 0 aliphatic carbocycles. The number of carboxylic acids is 1. The van der Waals surface area contributed by atoms with Crippen LogP contribution in [0.2, 0.25) is 0 Å². The normalized spacial score (nSPS) is 16.1. The average molecular weight is 339 g/mol. The summed E-state index contributed by atoms with van der Waals surface area (Å²) < 4.78 is 0. The van der Waals surface area contributed by atoms with Gasteiger partial charge in [-0.3, -0.25) is 9.97 Å². The van der Waals surface area contributed by atoms with Crippen LogP contribution in [-0.2, 0) is 4.79 Å². The van der Waals surface area contributed by atoms with Crippen LogP contribution in [0.4, 0.5) is 5.82 Å². The molecule has 0 radical (unpaired) electrons. The second kappa shape index (κ2) is 7.85. The Morgan fingerprint density at radius 2 is 1.96 bits per heavy atom. The largest absolute Gasteiger partial charge is 0.478 e. The smallest absolute Gasteiger partial charge is 0.328 e. The number of aliphatic carboxylic acids is 1. The molecule has 7 nitrogen and oxygen atoms in total. The zero-order valence-corrected chi connectivity index (χ0v) is 14.2. The van der Waals surface area contributed by atoms with E-state index in [4.69, 9.17) is 10.1 Å². The highest BCUT2D eigenvalue weighted by atomic mass is 16.4. The number of likely N-dealkylation sites (N-methyl/N-ethyl adjacent to an activating group) is 1. The van der Waals surface area contributed by atoms with Crippen molar-refractivity contribution in [1.82, 2.24) is 19.9 Å². The molecule has 0 aromatic carbocycles. The Labute approximate surface area is 146 Å². The van der Waals surface area contributed by atoms with Crippen LogP contribution in [0.3, 0.4) is 0 Å². The predicted molar refractivity (Wildman–Crippen MR) is 96.3 cm³/mol. The van der Waals surface area contributed by atoms with Crippen molar-refractivity contribution in [2.45, 2.75) is 6.42 Å². The Morgan fingerprint density at radius 1 is 1.12 bits per heavy atom. The molecular formula is C18H21N5O2. The van der Waals surface area contributed by atoms with Gasteiger partial charge >= 0.3 is 5.97 Å². The molecule has 0 bridgehead atoms. The lowest BCUT2D eigenvalue weighted by Crippen LogP contribution is -2.29. The number of hydrogen-bond donors (Lipinski definition) is 1. The fraction of sp³-hybridized carbons (Fsp3) is 0.333. The Balaban J connectivity index is 1.84. The zero-order chi connectivity index (χ0) is 17.6. The summed E-state index contributed by atoms with van der Waals surface area (Å²) in [5.41, 5.74) is 2.26. The molecule has 7 heteroatoms. The van der Waals surface area contributed by atoms with Crippen LogP contribution in [0, 0.1) is 0 Å². The minimum Gasteiger partial charge on any atom is -0.478 e. The lowest BCUT2D eigenvalue weighted by Gasteiger charge is -2.21. The van der Waals surface area contributed by atoms with Crippen molar-refractivity contribution in [3.05, 3.63) is 42.5 Å². The molecule has 1 aliphatic rings. The van der Waals surface area contributed by atoms with Gasteiger partial charge in [0.1, 0.15) is 5.82 Å². The SMILES string of the molecule is CN1CCCN(c2cncc(-c3cncc(/C=C/C(=O)O)c3)n2)CC1. The average Bonchev–Trinajstić information content (AvgIpc) is 2.85. The molecule has 0 saturated carbocycles. The highest BCUT2D eigenvalue weighted by Crippen LogP contribution is 2.21. The maximum atomic E-state index is 10.7. The monoisotopic (exact) mass is 339 g/mol. The zero-order valence-electron chi connectivity index (χ0n) is 14.2. The fourth-order valence-corrected chi connectivity index (χ4v) is 2.78. The lowest BCUT2D eigenvalue weighted by atomic mass is 10.1. The third-order valence-electron chi connectivity index (χ3n) is 4.14. The molecule has 130 valence electrons. The second-order valence-electron chi connectivity index (χ2n) is 6.08. The van der Waals surface area contributed by atoms with Crippen LogP contribution in [0.1, 0.15) is 12.0 Å². The summed E-state index contributed by atoms with van der Waals surface area (Å²) >= 11 is 0. The predicted octanol–water partition coefficient (Wildman–Crippen LogP) is 1.78. The van der Waals surface area contributed by atoms with Crippen molar-refractivity contribution in [1.29, 1.82) is 0 Å². The van der Waals surface area contributed by atoms with Gasteiger partial charge in [-0.15, -0.1) is 0 Å². The molecular weight excluding hydrogens is 318 g/mol. The van der Waals surface area contributed by atoms with Gasteiger partial charge in [0.05, 0.1) is 18.1 Å². The van der Waals surface area contributed by atoms with Crippen molar-refractivity contribution in [2.75, 3.05) is 38.1 Å². The van der Waals surface area contributed by atoms with Crippen LogP contribution in [0.25, 0.3) is 17.3 Å². The van der Waals surface area contributed by atoms with Crippen molar-refractivity contribution in [3.63, 3.8) is 0 Å². The number of anilines is 1. The van der Waals surface area contributed by atoms with Gasteiger partial charge in [-0.05, 0) is 37.7 Å². The van der Waals surface area contributed by atoms with Crippen LogP contribution in [0.5, 0.6) is 0 Å². The minimum absolute atomic E-state index is 0.712. The molecule has 0 atom stereocenters. The van der Waals surface area contributed by atoms with E-state index in [1.54, 1.807) is 24.8 Å². The Morgan fingerprint density at radius 3 is 2.80 bits per heavy atom. The standard InChI is InChI=1S/C18H21N5O2/c1-22-5-2-6-23(8-7-22)17-13-20-12-16(21-17)15-9-14(10-19-11-15)3-4-18(24)25/h3-4,9-13H,2,5-8H2,1H3,(H,24,25)/b4-3+. The molecule has 2 aromatic heterocycles. The molecule has 1 fully saturated rings. The van der Waals surface area contributed by atoms with E-state index in [0.29, 0.717) is 5.56 Å². The number of hydrogen-bond acceptors (Lipinski definition) is 6. The molecule has 3 heterocycles. The van der Waals surface area contributed by atoms with Gasteiger partial charge in [0.2, 0.25) is 0 Å². The van der Waals surface area contributed by atoms with Crippen LogP contribution < -0.4 is 4.90 Å². The molecule has 0 spiro atoms. The van der Waals surface area contributed by atoms with Crippen molar-refractivity contribution in [3.8, 4) is 11.3 Å². The molecule has 1 aliphatic heterocycles. The summed E-state index contributed by atoms with van der Waals surface area (Å²) in [6.07, 6.45) is 10.5. The van der Waals surface area contributed by atoms with Crippen molar-refractivity contribution in [2.24, 2.45) is 0 Å². The third kappa shape index (κ3) is 4.60. The summed E-state index contributed by atoms with van der Waals surface area (Å²) in [5.74, 6) is -0.127. The van der Waals surface area contributed by atoms with E-state index in [1.165, 1.54) is 6.08 Å². The van der Waals surface area contributed by atoms with Gasteiger partial charge in [-0.2, -0.15) is 0 Å². The van der Waals surface area contributed by atoms with E-state index in [1.807, 2.05) is 6.07 Å². The Bertz CT molecular complexity index is 778. The fourth-order valence-electron chi connectivity index (χ4n) is 2.78.